The Morgan fingerprint density at radius 3 is 2.41 bits per heavy atom. The van der Waals surface area contributed by atoms with Gasteiger partial charge in [0.15, 0.2) is 0 Å². The molecule has 3 aromatic rings. The molecule has 1 aromatic heterocycles. The van der Waals surface area contributed by atoms with Crippen LogP contribution in [0.4, 0.5) is 4.39 Å². The predicted molar refractivity (Wildman–Crippen MR) is 109 cm³/mol. The number of rotatable bonds is 8. The van der Waals surface area contributed by atoms with E-state index in [-0.39, 0.29) is 22.3 Å². The Balaban J connectivity index is 2.00. The van der Waals surface area contributed by atoms with Gasteiger partial charge in [-0.2, -0.15) is 4.31 Å². The number of fused-ring (bicyclic) bond motifs is 1. The molecule has 0 bridgehead atoms. The highest BCUT2D eigenvalue weighted by Crippen LogP contribution is 2.22. The van der Waals surface area contributed by atoms with Crippen LogP contribution in [-0.2, 0) is 16.6 Å². The Morgan fingerprint density at radius 2 is 1.72 bits per heavy atom. The van der Waals surface area contributed by atoms with Gasteiger partial charge in [0.1, 0.15) is 5.82 Å². The molecule has 0 fully saturated rings. The predicted octanol–water partition coefficient (Wildman–Crippen LogP) is 2.74. The molecule has 0 aliphatic rings. The second kappa shape index (κ2) is 8.71. The molecule has 7 nitrogen and oxygen atoms in total. The zero-order valence-electron chi connectivity index (χ0n) is 15.9. The first-order valence-corrected chi connectivity index (χ1v) is 10.8. The first kappa shape index (κ1) is 20.9. The van der Waals surface area contributed by atoms with Gasteiger partial charge in [-0.3, -0.25) is 9.78 Å². The number of aromatic amines is 2. The van der Waals surface area contributed by atoms with E-state index in [4.69, 9.17) is 0 Å². The van der Waals surface area contributed by atoms with E-state index in [0.29, 0.717) is 18.5 Å². The molecule has 154 valence electrons. The number of halogens is 1. The molecule has 0 aliphatic carbocycles. The summed E-state index contributed by atoms with van der Waals surface area (Å²) in [6, 6.07) is 9.71. The number of nitrogens with zero attached hydrogens (tertiary/aromatic N) is 1. The van der Waals surface area contributed by atoms with E-state index in [2.05, 4.69) is 9.97 Å². The zero-order chi connectivity index (χ0) is 21.0. The van der Waals surface area contributed by atoms with Gasteiger partial charge in [-0.1, -0.05) is 31.9 Å². The van der Waals surface area contributed by atoms with Gasteiger partial charge in [-0.05, 0) is 42.3 Å². The average molecular weight is 419 g/mol. The number of sulfonamides is 1. The van der Waals surface area contributed by atoms with Crippen LogP contribution >= 0.6 is 0 Å². The van der Waals surface area contributed by atoms with E-state index in [1.165, 1.54) is 34.6 Å². The number of hydrogen-bond acceptors (Lipinski definition) is 4. The summed E-state index contributed by atoms with van der Waals surface area (Å²) in [4.78, 5) is 28.0. The van der Waals surface area contributed by atoms with Gasteiger partial charge in [0, 0.05) is 13.1 Å². The van der Waals surface area contributed by atoms with Crippen LogP contribution in [0.15, 0.2) is 56.9 Å². The van der Waals surface area contributed by atoms with Crippen LogP contribution in [0.2, 0.25) is 0 Å². The highest BCUT2D eigenvalue weighted by Gasteiger charge is 2.25. The molecule has 0 atom stereocenters. The lowest BCUT2D eigenvalue weighted by Crippen LogP contribution is -2.32. The number of unbranched alkanes of at least 4 members (excludes halogenated alkanes) is 2. The summed E-state index contributed by atoms with van der Waals surface area (Å²) in [5.74, 6) is -0.392. The van der Waals surface area contributed by atoms with Gasteiger partial charge in [0.05, 0.1) is 15.8 Å². The number of H-pyrrole nitrogens is 2. The molecule has 29 heavy (non-hydrogen) atoms. The lowest BCUT2D eigenvalue weighted by molar-refractivity contribution is 0.394. The molecule has 2 N–H and O–H groups in total. The van der Waals surface area contributed by atoms with Crippen molar-refractivity contribution < 1.29 is 12.8 Å². The summed E-state index contributed by atoms with van der Waals surface area (Å²) < 4.78 is 41.1. The number of nitrogens with one attached hydrogen (secondary N) is 2. The lowest BCUT2D eigenvalue weighted by atomic mass is 10.2. The normalized spacial score (nSPS) is 12.0. The summed E-state index contributed by atoms with van der Waals surface area (Å²) in [6.45, 7) is 2.41. The van der Waals surface area contributed by atoms with Crippen LogP contribution in [0.25, 0.3) is 10.9 Å². The Kier molecular flexibility index (Phi) is 6.29. The Bertz CT molecular complexity index is 1220. The summed E-state index contributed by atoms with van der Waals surface area (Å²) in [6.07, 6.45) is 2.48. The minimum atomic E-state index is -3.91. The van der Waals surface area contributed by atoms with Crippen molar-refractivity contribution in [2.24, 2.45) is 0 Å². The first-order chi connectivity index (χ1) is 13.8. The third kappa shape index (κ3) is 4.80. The van der Waals surface area contributed by atoms with E-state index in [1.807, 2.05) is 6.92 Å². The monoisotopic (exact) mass is 419 g/mol. The van der Waals surface area contributed by atoms with Crippen molar-refractivity contribution >= 4 is 20.9 Å². The second-order valence-electron chi connectivity index (χ2n) is 6.79. The van der Waals surface area contributed by atoms with Gasteiger partial charge in [-0.25, -0.2) is 17.6 Å². The fourth-order valence-corrected chi connectivity index (χ4v) is 4.56. The Morgan fingerprint density at radius 1 is 1.00 bits per heavy atom. The van der Waals surface area contributed by atoms with E-state index in [1.54, 1.807) is 12.1 Å². The topological polar surface area (TPSA) is 103 Å². The summed E-state index contributed by atoms with van der Waals surface area (Å²) in [5.41, 5.74) is -0.393. The van der Waals surface area contributed by atoms with Crippen molar-refractivity contribution in [1.29, 1.82) is 0 Å². The first-order valence-electron chi connectivity index (χ1n) is 9.32. The highest BCUT2D eigenvalue weighted by molar-refractivity contribution is 7.89. The lowest BCUT2D eigenvalue weighted by Gasteiger charge is -2.22. The SMILES string of the molecule is CCCCCN(Cc1ccc(F)cc1)S(=O)(=O)c1ccc2[nH]c(=O)[nH]c(=O)c2c1. The minimum Gasteiger partial charge on any atom is -0.307 e. The molecule has 0 radical (unpaired) electrons. The van der Waals surface area contributed by atoms with Crippen molar-refractivity contribution in [3.05, 3.63) is 74.7 Å². The zero-order valence-corrected chi connectivity index (χ0v) is 16.8. The van der Waals surface area contributed by atoms with Crippen LogP contribution in [0.1, 0.15) is 31.7 Å². The summed E-state index contributed by atoms with van der Waals surface area (Å²) in [7, 11) is -3.91. The third-order valence-electron chi connectivity index (χ3n) is 4.63. The van der Waals surface area contributed by atoms with Crippen molar-refractivity contribution in [2.75, 3.05) is 6.54 Å². The molecule has 9 heteroatoms. The molecule has 0 aliphatic heterocycles. The molecular weight excluding hydrogens is 397 g/mol. The van der Waals surface area contributed by atoms with E-state index in [9.17, 15) is 22.4 Å². The van der Waals surface area contributed by atoms with E-state index < -0.39 is 27.1 Å². The summed E-state index contributed by atoms with van der Waals surface area (Å²) in [5, 5.41) is 0.0842. The van der Waals surface area contributed by atoms with Gasteiger partial charge in [0.25, 0.3) is 5.56 Å². The standard InChI is InChI=1S/C20H22FN3O4S/c1-2-3-4-11-24(13-14-5-7-15(21)8-6-14)29(27,28)16-9-10-18-17(12-16)19(25)23-20(26)22-18/h5-10,12H,2-4,11,13H2,1H3,(H2,22,23,25,26). The summed E-state index contributed by atoms with van der Waals surface area (Å²) >= 11 is 0. The maximum absolute atomic E-state index is 13.3. The fourth-order valence-electron chi connectivity index (χ4n) is 3.07. The molecule has 0 unspecified atom stereocenters. The second-order valence-corrected chi connectivity index (χ2v) is 8.73. The quantitative estimate of drug-likeness (QED) is 0.548. The largest absolute Gasteiger partial charge is 0.326 e. The number of benzene rings is 2. The van der Waals surface area contributed by atoms with Crippen LogP contribution in [-0.4, -0.2) is 29.2 Å². The van der Waals surface area contributed by atoms with Gasteiger partial charge in [0.2, 0.25) is 10.0 Å². The van der Waals surface area contributed by atoms with Crippen LogP contribution in [0, 0.1) is 5.82 Å². The van der Waals surface area contributed by atoms with Crippen molar-refractivity contribution in [3.63, 3.8) is 0 Å². The Hall–Kier alpha value is -2.78. The van der Waals surface area contributed by atoms with Crippen molar-refractivity contribution in [2.45, 2.75) is 37.6 Å². The van der Waals surface area contributed by atoms with Crippen LogP contribution in [0.5, 0.6) is 0 Å². The molecule has 0 spiro atoms. The molecule has 0 saturated carbocycles. The number of aromatic nitrogens is 2. The molecule has 0 amide bonds. The van der Waals surface area contributed by atoms with Gasteiger partial charge in [-0.15, -0.1) is 0 Å². The third-order valence-corrected chi connectivity index (χ3v) is 6.47. The fraction of sp³-hybridized carbons (Fsp3) is 0.300. The number of hydrogen-bond donors (Lipinski definition) is 2. The maximum atomic E-state index is 13.3. The molecule has 3 rings (SSSR count). The molecular formula is C20H22FN3O4S. The average Bonchev–Trinajstić information content (AvgIpc) is 2.68. The maximum Gasteiger partial charge on any atom is 0.326 e. The van der Waals surface area contributed by atoms with Crippen molar-refractivity contribution in [1.82, 2.24) is 14.3 Å². The van der Waals surface area contributed by atoms with Gasteiger partial charge >= 0.3 is 5.69 Å². The highest BCUT2D eigenvalue weighted by atomic mass is 32.2. The van der Waals surface area contributed by atoms with Gasteiger partial charge < -0.3 is 4.98 Å². The molecule has 0 saturated heterocycles. The molecule has 1 heterocycles. The van der Waals surface area contributed by atoms with E-state index >= 15 is 0 Å². The minimum absolute atomic E-state index is 0.0406. The van der Waals surface area contributed by atoms with Crippen molar-refractivity contribution in [3.8, 4) is 0 Å². The molecule has 2 aromatic carbocycles. The smallest absolute Gasteiger partial charge is 0.307 e. The van der Waals surface area contributed by atoms with Crippen LogP contribution < -0.4 is 11.2 Å². The van der Waals surface area contributed by atoms with Crippen LogP contribution in [0.3, 0.4) is 0 Å². The Labute approximate surface area is 167 Å². The van der Waals surface area contributed by atoms with E-state index in [0.717, 1.165) is 12.8 Å².